The van der Waals surface area contributed by atoms with Gasteiger partial charge < -0.3 is 10.2 Å². The van der Waals surface area contributed by atoms with Gasteiger partial charge in [0.05, 0.1) is 0 Å². The number of hydrogen-bond acceptors (Lipinski definition) is 2. The van der Waals surface area contributed by atoms with Crippen molar-refractivity contribution in [3.8, 4) is 0 Å². The third kappa shape index (κ3) is 2.23. The van der Waals surface area contributed by atoms with E-state index in [9.17, 15) is 9.59 Å². The van der Waals surface area contributed by atoms with Crippen LogP contribution in [0.2, 0.25) is 0 Å². The normalized spacial score (nSPS) is 19.2. The highest BCUT2D eigenvalue weighted by molar-refractivity contribution is 5.99. The maximum Gasteiger partial charge on any atom is 0.247 e. The number of nitrogens with one attached hydrogen (secondary N) is 1. The molecule has 0 bridgehead atoms. The van der Waals surface area contributed by atoms with E-state index in [0.29, 0.717) is 12.8 Å². The van der Waals surface area contributed by atoms with Gasteiger partial charge >= 0.3 is 0 Å². The number of rotatable bonds is 2. The van der Waals surface area contributed by atoms with Crippen molar-refractivity contribution < 1.29 is 9.59 Å². The van der Waals surface area contributed by atoms with Crippen LogP contribution in [0.3, 0.4) is 0 Å². The lowest BCUT2D eigenvalue weighted by molar-refractivity contribution is -0.131. The Morgan fingerprint density at radius 2 is 2.11 bits per heavy atom. The molecule has 18 heavy (non-hydrogen) atoms. The Kier molecular flexibility index (Phi) is 3.36. The highest BCUT2D eigenvalue weighted by Gasteiger charge is 2.33. The summed E-state index contributed by atoms with van der Waals surface area (Å²) in [6.45, 7) is 3.99. The number of aryl methyl sites for hydroxylation is 1. The number of amides is 2. The van der Waals surface area contributed by atoms with Gasteiger partial charge in [0.2, 0.25) is 11.8 Å². The minimum atomic E-state index is -0.336. The molecule has 1 atom stereocenters. The Labute approximate surface area is 107 Å². The predicted molar refractivity (Wildman–Crippen MR) is 70.3 cm³/mol. The van der Waals surface area contributed by atoms with Crippen molar-refractivity contribution in [2.24, 2.45) is 0 Å². The van der Waals surface area contributed by atoms with Gasteiger partial charge in [0.1, 0.15) is 6.04 Å². The first-order valence-corrected chi connectivity index (χ1v) is 6.13. The van der Waals surface area contributed by atoms with Gasteiger partial charge in [-0.25, -0.2) is 0 Å². The van der Waals surface area contributed by atoms with E-state index in [1.54, 1.807) is 7.05 Å². The van der Waals surface area contributed by atoms with Crippen LogP contribution < -0.4 is 5.32 Å². The van der Waals surface area contributed by atoms with Crippen LogP contribution in [-0.2, 0) is 9.59 Å². The van der Waals surface area contributed by atoms with E-state index >= 15 is 0 Å². The van der Waals surface area contributed by atoms with Crippen molar-refractivity contribution >= 4 is 17.5 Å². The fourth-order valence-corrected chi connectivity index (χ4v) is 2.21. The van der Waals surface area contributed by atoms with Crippen LogP contribution in [0.25, 0.3) is 0 Å². The van der Waals surface area contributed by atoms with Crippen molar-refractivity contribution in [3.05, 3.63) is 29.3 Å². The molecule has 0 aromatic heterocycles. The lowest BCUT2D eigenvalue weighted by Crippen LogP contribution is -2.39. The number of likely N-dealkylation sites (N-methyl/N-ethyl adjacent to an activating group) is 1. The molecule has 4 heteroatoms. The van der Waals surface area contributed by atoms with Gasteiger partial charge in [-0.3, -0.25) is 9.59 Å². The van der Waals surface area contributed by atoms with Gasteiger partial charge in [0, 0.05) is 19.2 Å². The predicted octanol–water partition coefficient (Wildman–Crippen LogP) is 1.86. The molecular weight excluding hydrogens is 228 g/mol. The number of carbonyl (C=O) groups is 2. The molecular formula is C14H18N2O2. The molecule has 2 rings (SSSR count). The first-order chi connectivity index (χ1) is 8.50. The summed E-state index contributed by atoms with van der Waals surface area (Å²) in [6.07, 6.45) is 1.06. The van der Waals surface area contributed by atoms with Crippen molar-refractivity contribution in [1.29, 1.82) is 0 Å². The third-order valence-electron chi connectivity index (χ3n) is 3.66. The SMILES string of the molecule is Cc1cccc(NC(=O)C2CCC(=O)N2C)c1C. The van der Waals surface area contributed by atoms with Crippen LogP contribution in [0.15, 0.2) is 18.2 Å². The van der Waals surface area contributed by atoms with Crippen molar-refractivity contribution in [1.82, 2.24) is 4.90 Å². The lowest BCUT2D eigenvalue weighted by atomic mass is 10.1. The zero-order chi connectivity index (χ0) is 13.3. The van der Waals surface area contributed by atoms with Gasteiger partial charge in [-0.2, -0.15) is 0 Å². The molecule has 1 saturated heterocycles. The summed E-state index contributed by atoms with van der Waals surface area (Å²) in [5.74, 6) is -0.0619. The summed E-state index contributed by atoms with van der Waals surface area (Å²) in [5.41, 5.74) is 3.04. The molecule has 1 unspecified atom stereocenters. The number of hydrogen-bond donors (Lipinski definition) is 1. The van der Waals surface area contributed by atoms with E-state index in [1.165, 1.54) is 4.90 Å². The molecule has 0 radical (unpaired) electrons. The summed E-state index contributed by atoms with van der Waals surface area (Å²) < 4.78 is 0. The zero-order valence-electron chi connectivity index (χ0n) is 11.0. The molecule has 1 N–H and O–H groups in total. The highest BCUT2D eigenvalue weighted by Crippen LogP contribution is 2.21. The van der Waals surface area contributed by atoms with Crippen LogP contribution in [0.4, 0.5) is 5.69 Å². The molecule has 0 aliphatic carbocycles. The van der Waals surface area contributed by atoms with Crippen LogP contribution in [0.5, 0.6) is 0 Å². The third-order valence-corrected chi connectivity index (χ3v) is 3.66. The lowest BCUT2D eigenvalue weighted by Gasteiger charge is -2.20. The first-order valence-electron chi connectivity index (χ1n) is 6.13. The molecule has 4 nitrogen and oxygen atoms in total. The fourth-order valence-electron chi connectivity index (χ4n) is 2.21. The number of nitrogens with zero attached hydrogens (tertiary/aromatic N) is 1. The van der Waals surface area contributed by atoms with Gasteiger partial charge in [-0.05, 0) is 37.5 Å². The average molecular weight is 246 g/mol. The summed E-state index contributed by atoms with van der Waals surface area (Å²) in [7, 11) is 1.68. The maximum atomic E-state index is 12.1. The van der Waals surface area contributed by atoms with E-state index in [2.05, 4.69) is 5.32 Å². The minimum absolute atomic E-state index is 0.0381. The Morgan fingerprint density at radius 3 is 2.72 bits per heavy atom. The summed E-state index contributed by atoms with van der Waals surface area (Å²) >= 11 is 0. The number of benzene rings is 1. The van der Waals surface area contributed by atoms with E-state index in [0.717, 1.165) is 16.8 Å². The second kappa shape index (κ2) is 4.80. The van der Waals surface area contributed by atoms with Crippen molar-refractivity contribution in [2.75, 3.05) is 12.4 Å². The topological polar surface area (TPSA) is 49.4 Å². The quantitative estimate of drug-likeness (QED) is 0.866. The fraction of sp³-hybridized carbons (Fsp3) is 0.429. The van der Waals surface area contributed by atoms with Crippen molar-refractivity contribution in [3.63, 3.8) is 0 Å². The van der Waals surface area contributed by atoms with Gasteiger partial charge in [-0.1, -0.05) is 12.1 Å². The Morgan fingerprint density at radius 1 is 1.39 bits per heavy atom. The molecule has 96 valence electrons. The smallest absolute Gasteiger partial charge is 0.247 e. The zero-order valence-corrected chi connectivity index (χ0v) is 11.0. The molecule has 1 fully saturated rings. The minimum Gasteiger partial charge on any atom is -0.334 e. The molecule has 0 saturated carbocycles. The van der Waals surface area contributed by atoms with Gasteiger partial charge in [-0.15, -0.1) is 0 Å². The Hall–Kier alpha value is -1.84. The number of likely N-dealkylation sites (tertiary alicyclic amines) is 1. The Balaban J connectivity index is 2.12. The second-order valence-electron chi connectivity index (χ2n) is 4.80. The monoisotopic (exact) mass is 246 g/mol. The van der Waals surface area contributed by atoms with Gasteiger partial charge in [0.25, 0.3) is 0 Å². The van der Waals surface area contributed by atoms with E-state index < -0.39 is 0 Å². The van der Waals surface area contributed by atoms with Crippen LogP contribution in [-0.4, -0.2) is 29.8 Å². The molecule has 2 amide bonds. The maximum absolute atomic E-state index is 12.1. The molecule has 1 aromatic rings. The molecule has 1 aliphatic heterocycles. The molecule has 1 heterocycles. The number of anilines is 1. The van der Waals surface area contributed by atoms with Gasteiger partial charge in [0.15, 0.2) is 0 Å². The molecule has 0 spiro atoms. The standard InChI is InChI=1S/C14H18N2O2/c1-9-5-4-6-11(10(9)2)15-14(18)12-7-8-13(17)16(12)3/h4-6,12H,7-8H2,1-3H3,(H,15,18). The summed E-state index contributed by atoms with van der Waals surface area (Å²) in [6, 6.07) is 5.48. The van der Waals surface area contributed by atoms with Crippen molar-refractivity contribution in [2.45, 2.75) is 32.7 Å². The van der Waals surface area contributed by atoms with E-state index in [-0.39, 0.29) is 17.9 Å². The summed E-state index contributed by atoms with van der Waals surface area (Å²) in [5, 5.41) is 2.91. The van der Waals surface area contributed by atoms with E-state index in [4.69, 9.17) is 0 Å². The summed E-state index contributed by atoms with van der Waals surface area (Å²) in [4.78, 5) is 25.1. The average Bonchev–Trinajstić information content (AvgIpc) is 2.66. The van der Waals surface area contributed by atoms with Crippen LogP contribution >= 0.6 is 0 Å². The number of carbonyl (C=O) groups excluding carboxylic acids is 2. The largest absolute Gasteiger partial charge is 0.334 e. The second-order valence-corrected chi connectivity index (χ2v) is 4.80. The van der Waals surface area contributed by atoms with E-state index in [1.807, 2.05) is 32.0 Å². The van der Waals surface area contributed by atoms with Crippen LogP contribution in [0.1, 0.15) is 24.0 Å². The first kappa shape index (κ1) is 12.6. The highest BCUT2D eigenvalue weighted by atomic mass is 16.2. The molecule has 1 aliphatic rings. The van der Waals surface area contributed by atoms with Crippen LogP contribution in [0, 0.1) is 13.8 Å². The molecule has 1 aromatic carbocycles. The Bertz CT molecular complexity index is 497.